The Kier molecular flexibility index (Phi) is 9.78. The number of likely N-dealkylation sites (tertiary alicyclic amines) is 1. The van der Waals surface area contributed by atoms with Crippen LogP contribution in [0.15, 0.2) is 0 Å². The highest BCUT2D eigenvalue weighted by Crippen LogP contribution is 2.21. The number of carbonyl (C=O) groups excluding carboxylic acids is 1. The molecule has 0 aromatic heterocycles. The van der Waals surface area contributed by atoms with Gasteiger partial charge in [0.2, 0.25) is 5.91 Å². The van der Waals surface area contributed by atoms with E-state index in [1.807, 2.05) is 0 Å². The van der Waals surface area contributed by atoms with Crippen molar-refractivity contribution < 1.29 is 9.53 Å². The quantitative estimate of drug-likeness (QED) is 0.797. The average molecular weight is 368 g/mol. The minimum absolute atomic E-state index is 0. The predicted octanol–water partition coefficient (Wildman–Crippen LogP) is 1.40. The third kappa shape index (κ3) is 6.39. The highest BCUT2D eigenvalue weighted by Gasteiger charge is 2.28. The van der Waals surface area contributed by atoms with Gasteiger partial charge >= 0.3 is 0 Å². The minimum Gasteiger partial charge on any atom is -0.379 e. The molecule has 1 amide bonds. The molecule has 3 aliphatic heterocycles. The lowest BCUT2D eigenvalue weighted by atomic mass is 10.0. The molecule has 2 unspecified atom stereocenters. The van der Waals surface area contributed by atoms with Crippen LogP contribution in [0.3, 0.4) is 0 Å². The number of halogens is 2. The Bertz CT molecular complexity index is 348. The lowest BCUT2D eigenvalue weighted by molar-refractivity contribution is -0.130. The van der Waals surface area contributed by atoms with Gasteiger partial charge in [0.1, 0.15) is 0 Å². The number of nitrogens with zero attached hydrogens (tertiary/aromatic N) is 2. The lowest BCUT2D eigenvalue weighted by Gasteiger charge is -2.29. The summed E-state index contributed by atoms with van der Waals surface area (Å²) in [6.07, 6.45) is 4.23. The Morgan fingerprint density at radius 3 is 2.57 bits per heavy atom. The summed E-state index contributed by atoms with van der Waals surface area (Å²) in [5, 5.41) is 3.38. The van der Waals surface area contributed by atoms with Crippen LogP contribution in [-0.4, -0.2) is 74.7 Å². The second kappa shape index (κ2) is 10.7. The van der Waals surface area contributed by atoms with Crippen LogP contribution in [0.4, 0.5) is 0 Å². The van der Waals surface area contributed by atoms with Crippen molar-refractivity contribution in [2.24, 2.45) is 11.8 Å². The molecule has 3 rings (SSSR count). The third-order valence-corrected chi connectivity index (χ3v) is 5.19. The van der Waals surface area contributed by atoms with Crippen molar-refractivity contribution in [1.82, 2.24) is 15.1 Å². The van der Waals surface area contributed by atoms with E-state index in [0.29, 0.717) is 11.8 Å². The summed E-state index contributed by atoms with van der Waals surface area (Å²) in [6, 6.07) is 0. The summed E-state index contributed by atoms with van der Waals surface area (Å²) in [5.41, 5.74) is 0. The number of carbonyl (C=O) groups is 1. The number of hydrogen-bond donors (Lipinski definition) is 1. The molecular weight excluding hydrogens is 337 g/mol. The largest absolute Gasteiger partial charge is 0.379 e. The maximum Gasteiger partial charge on any atom is 0.222 e. The molecule has 0 aromatic rings. The first-order valence-electron chi connectivity index (χ1n) is 8.60. The summed E-state index contributed by atoms with van der Waals surface area (Å²) in [6.45, 7) is 9.15. The second-order valence-corrected chi connectivity index (χ2v) is 6.80. The smallest absolute Gasteiger partial charge is 0.222 e. The van der Waals surface area contributed by atoms with E-state index in [4.69, 9.17) is 4.74 Å². The highest BCUT2D eigenvalue weighted by molar-refractivity contribution is 5.85. The summed E-state index contributed by atoms with van der Waals surface area (Å²) < 4.78 is 5.39. The highest BCUT2D eigenvalue weighted by atomic mass is 35.5. The van der Waals surface area contributed by atoms with E-state index in [-0.39, 0.29) is 24.8 Å². The summed E-state index contributed by atoms with van der Waals surface area (Å²) in [4.78, 5) is 16.9. The zero-order valence-corrected chi connectivity index (χ0v) is 15.5. The van der Waals surface area contributed by atoms with Gasteiger partial charge in [0.25, 0.3) is 0 Å². The number of nitrogens with one attached hydrogen (secondary N) is 1. The van der Waals surface area contributed by atoms with Gasteiger partial charge in [0, 0.05) is 39.1 Å². The molecule has 136 valence electrons. The Morgan fingerprint density at radius 2 is 1.87 bits per heavy atom. The van der Waals surface area contributed by atoms with Gasteiger partial charge in [0.05, 0.1) is 13.2 Å². The van der Waals surface area contributed by atoms with Gasteiger partial charge in [-0.15, -0.1) is 24.8 Å². The van der Waals surface area contributed by atoms with E-state index in [9.17, 15) is 4.79 Å². The summed E-state index contributed by atoms with van der Waals surface area (Å²) in [7, 11) is 0. The van der Waals surface area contributed by atoms with Crippen molar-refractivity contribution in [2.75, 3.05) is 59.0 Å². The average Bonchev–Trinajstić information content (AvgIpc) is 3.17. The van der Waals surface area contributed by atoms with Gasteiger partial charge in [-0.05, 0) is 44.2 Å². The molecule has 0 saturated carbocycles. The van der Waals surface area contributed by atoms with Gasteiger partial charge in [-0.25, -0.2) is 0 Å². The standard InChI is InChI=1S/C16H29N3O2.2ClH/c20-16(2-1-14-3-5-17-11-14)19-6-4-15(13-19)12-18-7-9-21-10-8-18;;/h14-15,17H,1-13H2;2*1H. The first kappa shape index (κ1) is 21.0. The van der Waals surface area contributed by atoms with Crippen molar-refractivity contribution in [3.8, 4) is 0 Å². The molecule has 1 N–H and O–H groups in total. The Balaban J connectivity index is 0.00000132. The van der Waals surface area contributed by atoms with Crippen LogP contribution in [0, 0.1) is 11.8 Å². The number of morpholine rings is 1. The van der Waals surface area contributed by atoms with Crippen LogP contribution in [0.25, 0.3) is 0 Å². The van der Waals surface area contributed by atoms with Crippen LogP contribution in [0.1, 0.15) is 25.7 Å². The Hall–Kier alpha value is -0.0700. The van der Waals surface area contributed by atoms with Crippen LogP contribution in [0.2, 0.25) is 0 Å². The van der Waals surface area contributed by atoms with Crippen molar-refractivity contribution in [3.63, 3.8) is 0 Å². The number of amides is 1. The fraction of sp³-hybridized carbons (Fsp3) is 0.938. The molecule has 0 aliphatic carbocycles. The maximum atomic E-state index is 12.3. The third-order valence-electron chi connectivity index (χ3n) is 5.19. The van der Waals surface area contributed by atoms with Crippen LogP contribution < -0.4 is 5.32 Å². The van der Waals surface area contributed by atoms with E-state index in [2.05, 4.69) is 15.1 Å². The van der Waals surface area contributed by atoms with E-state index in [1.165, 1.54) is 12.8 Å². The molecule has 0 spiro atoms. The molecule has 0 aromatic carbocycles. The Morgan fingerprint density at radius 1 is 1.09 bits per heavy atom. The molecular formula is C16H31Cl2N3O2. The molecule has 3 fully saturated rings. The normalized spacial score (nSPS) is 28.3. The van der Waals surface area contributed by atoms with E-state index >= 15 is 0 Å². The van der Waals surface area contributed by atoms with Crippen LogP contribution in [-0.2, 0) is 9.53 Å². The second-order valence-electron chi connectivity index (χ2n) is 6.80. The SMILES string of the molecule is Cl.Cl.O=C(CCC1CCNC1)N1CCC(CN2CCOCC2)C1. The predicted molar refractivity (Wildman–Crippen MR) is 96.7 cm³/mol. The monoisotopic (exact) mass is 367 g/mol. The van der Waals surface area contributed by atoms with Crippen molar-refractivity contribution in [1.29, 1.82) is 0 Å². The van der Waals surface area contributed by atoms with Gasteiger partial charge in [-0.2, -0.15) is 0 Å². The lowest BCUT2D eigenvalue weighted by Crippen LogP contribution is -2.40. The van der Waals surface area contributed by atoms with Crippen LogP contribution in [0.5, 0.6) is 0 Å². The molecule has 3 saturated heterocycles. The summed E-state index contributed by atoms with van der Waals surface area (Å²) in [5.74, 6) is 1.77. The first-order chi connectivity index (χ1) is 10.3. The number of rotatable bonds is 5. The molecule has 0 radical (unpaired) electrons. The number of hydrogen-bond acceptors (Lipinski definition) is 4. The molecule has 0 bridgehead atoms. The van der Waals surface area contributed by atoms with Gasteiger partial charge in [-0.1, -0.05) is 0 Å². The molecule has 23 heavy (non-hydrogen) atoms. The molecule has 2 atom stereocenters. The topological polar surface area (TPSA) is 44.8 Å². The zero-order chi connectivity index (χ0) is 14.5. The minimum atomic E-state index is 0. The zero-order valence-electron chi connectivity index (χ0n) is 13.9. The van der Waals surface area contributed by atoms with Gasteiger partial charge < -0.3 is 15.0 Å². The Labute approximate surface area is 152 Å². The van der Waals surface area contributed by atoms with E-state index < -0.39 is 0 Å². The molecule has 5 nitrogen and oxygen atoms in total. The first-order valence-corrected chi connectivity index (χ1v) is 8.60. The fourth-order valence-corrected chi connectivity index (χ4v) is 3.80. The van der Waals surface area contributed by atoms with E-state index in [1.54, 1.807) is 0 Å². The van der Waals surface area contributed by atoms with Crippen molar-refractivity contribution >= 4 is 30.7 Å². The fourth-order valence-electron chi connectivity index (χ4n) is 3.80. The van der Waals surface area contributed by atoms with Gasteiger partial charge in [-0.3, -0.25) is 9.69 Å². The molecule has 7 heteroatoms. The molecule has 3 heterocycles. The van der Waals surface area contributed by atoms with Crippen LogP contribution >= 0.6 is 24.8 Å². The summed E-state index contributed by atoms with van der Waals surface area (Å²) >= 11 is 0. The van der Waals surface area contributed by atoms with Crippen molar-refractivity contribution in [2.45, 2.75) is 25.7 Å². The van der Waals surface area contributed by atoms with Crippen molar-refractivity contribution in [3.05, 3.63) is 0 Å². The maximum absolute atomic E-state index is 12.3. The molecule has 3 aliphatic rings. The van der Waals surface area contributed by atoms with E-state index in [0.717, 1.165) is 77.8 Å². The number of ether oxygens (including phenoxy) is 1. The van der Waals surface area contributed by atoms with Gasteiger partial charge in [0.15, 0.2) is 0 Å².